The molecule has 1 fully saturated rings. The summed E-state index contributed by atoms with van der Waals surface area (Å²) in [5.74, 6) is 0.813. The number of ether oxygens (including phenoxy) is 1. The largest absolute Gasteiger partial charge is 0.492 e. The lowest BCUT2D eigenvalue weighted by molar-refractivity contribution is 0.132. The molecule has 2 amide bonds. The maximum Gasteiger partial charge on any atom is 0.317 e. The third-order valence-corrected chi connectivity index (χ3v) is 3.93. The fourth-order valence-electron chi connectivity index (χ4n) is 2.61. The smallest absolute Gasteiger partial charge is 0.317 e. The molecule has 0 aliphatic carbocycles. The van der Waals surface area contributed by atoms with Crippen molar-refractivity contribution in [2.45, 2.75) is 6.54 Å². The molecule has 0 bridgehead atoms. The van der Waals surface area contributed by atoms with Gasteiger partial charge in [-0.2, -0.15) is 0 Å². The molecule has 0 atom stereocenters. The molecular weight excluding hydrogens is 308 g/mol. The van der Waals surface area contributed by atoms with Gasteiger partial charge in [-0.15, -0.1) is 0 Å². The van der Waals surface area contributed by atoms with E-state index in [9.17, 15) is 4.79 Å². The summed E-state index contributed by atoms with van der Waals surface area (Å²) in [5, 5.41) is 6.82. The lowest BCUT2D eigenvalue weighted by Gasteiger charge is -2.34. The molecule has 1 aromatic heterocycles. The summed E-state index contributed by atoms with van der Waals surface area (Å²) in [5.41, 5.74) is 0.922. The number of para-hydroxylation sites is 1. The van der Waals surface area contributed by atoms with Gasteiger partial charge in [0.25, 0.3) is 0 Å². The molecule has 1 aromatic carbocycles. The number of aromatic nitrogens is 1. The van der Waals surface area contributed by atoms with Crippen LogP contribution in [0.2, 0.25) is 0 Å². The maximum absolute atomic E-state index is 12.1. The minimum atomic E-state index is -0.0345. The van der Waals surface area contributed by atoms with Gasteiger partial charge >= 0.3 is 6.03 Å². The summed E-state index contributed by atoms with van der Waals surface area (Å²) in [6.45, 7) is 4.81. The monoisotopic (exact) mass is 330 g/mol. The predicted molar refractivity (Wildman–Crippen MR) is 88.7 cm³/mol. The fraction of sp³-hybridized carbons (Fsp3) is 0.412. The van der Waals surface area contributed by atoms with Crippen molar-refractivity contribution >= 4 is 6.03 Å². The number of amides is 2. The van der Waals surface area contributed by atoms with E-state index in [0.717, 1.165) is 31.1 Å². The first-order valence-corrected chi connectivity index (χ1v) is 8.13. The highest BCUT2D eigenvalue weighted by Crippen LogP contribution is 2.08. The Kier molecular flexibility index (Phi) is 5.68. The van der Waals surface area contributed by atoms with E-state index < -0.39 is 0 Å². The standard InChI is InChI=1S/C17H22N4O3/c22-17(18-7-13-23-16-4-2-1-3-5-16)21-10-8-20(9-11-21)14-15-6-12-24-19-15/h1-6,12H,7-11,13-14H2,(H,18,22). The van der Waals surface area contributed by atoms with E-state index in [1.54, 1.807) is 6.26 Å². The Hall–Kier alpha value is -2.54. The van der Waals surface area contributed by atoms with Crippen molar-refractivity contribution in [2.24, 2.45) is 0 Å². The molecule has 3 rings (SSSR count). The summed E-state index contributed by atoms with van der Waals surface area (Å²) in [6.07, 6.45) is 1.58. The van der Waals surface area contributed by atoms with Gasteiger partial charge in [0.05, 0.1) is 12.2 Å². The van der Waals surface area contributed by atoms with Gasteiger partial charge in [0.15, 0.2) is 0 Å². The number of hydrogen-bond donors (Lipinski definition) is 1. The van der Waals surface area contributed by atoms with Crippen molar-refractivity contribution in [1.82, 2.24) is 20.3 Å². The Balaban J connectivity index is 1.32. The van der Waals surface area contributed by atoms with E-state index in [-0.39, 0.29) is 6.03 Å². The predicted octanol–water partition coefficient (Wildman–Crippen LogP) is 1.58. The molecule has 128 valence electrons. The molecule has 24 heavy (non-hydrogen) atoms. The number of rotatable bonds is 6. The van der Waals surface area contributed by atoms with E-state index in [4.69, 9.17) is 9.26 Å². The molecule has 0 spiro atoms. The molecule has 2 aromatic rings. The summed E-state index contributed by atoms with van der Waals surface area (Å²) in [4.78, 5) is 16.2. The van der Waals surface area contributed by atoms with Crippen molar-refractivity contribution < 1.29 is 14.1 Å². The van der Waals surface area contributed by atoms with Crippen molar-refractivity contribution in [3.05, 3.63) is 48.4 Å². The zero-order chi connectivity index (χ0) is 16.6. The molecule has 1 aliphatic rings. The highest BCUT2D eigenvalue weighted by Gasteiger charge is 2.21. The molecule has 1 aliphatic heterocycles. The first-order chi connectivity index (χ1) is 11.8. The van der Waals surface area contributed by atoms with Gasteiger partial charge in [-0.05, 0) is 12.1 Å². The van der Waals surface area contributed by atoms with E-state index >= 15 is 0 Å². The van der Waals surface area contributed by atoms with Crippen LogP contribution in [0, 0.1) is 0 Å². The molecule has 2 heterocycles. The van der Waals surface area contributed by atoms with Crippen LogP contribution in [0.5, 0.6) is 5.75 Å². The zero-order valence-corrected chi connectivity index (χ0v) is 13.6. The van der Waals surface area contributed by atoms with Crippen LogP contribution >= 0.6 is 0 Å². The van der Waals surface area contributed by atoms with Crippen LogP contribution in [0.3, 0.4) is 0 Å². The summed E-state index contributed by atoms with van der Waals surface area (Å²) >= 11 is 0. The van der Waals surface area contributed by atoms with Gasteiger partial charge in [0.2, 0.25) is 0 Å². The SMILES string of the molecule is O=C(NCCOc1ccccc1)N1CCN(Cc2ccon2)CC1. The number of hydrogen-bond acceptors (Lipinski definition) is 5. The van der Waals surface area contributed by atoms with Gasteiger partial charge < -0.3 is 19.5 Å². The van der Waals surface area contributed by atoms with E-state index in [1.807, 2.05) is 41.3 Å². The maximum atomic E-state index is 12.1. The third kappa shape index (κ3) is 4.73. The minimum Gasteiger partial charge on any atom is -0.492 e. The molecule has 7 nitrogen and oxygen atoms in total. The van der Waals surface area contributed by atoms with Gasteiger partial charge in [-0.1, -0.05) is 23.4 Å². The number of piperazine rings is 1. The molecule has 0 saturated carbocycles. The van der Waals surface area contributed by atoms with E-state index in [1.165, 1.54) is 0 Å². The first-order valence-electron chi connectivity index (χ1n) is 8.13. The van der Waals surface area contributed by atoms with Crippen LogP contribution in [0.1, 0.15) is 5.69 Å². The van der Waals surface area contributed by atoms with Gasteiger partial charge in [0.1, 0.15) is 18.6 Å². The zero-order valence-electron chi connectivity index (χ0n) is 13.6. The van der Waals surface area contributed by atoms with Crippen molar-refractivity contribution in [1.29, 1.82) is 0 Å². The van der Waals surface area contributed by atoms with Gasteiger partial charge in [-0.25, -0.2) is 4.79 Å². The average Bonchev–Trinajstić information content (AvgIpc) is 3.13. The lowest BCUT2D eigenvalue weighted by Crippen LogP contribution is -2.51. The van der Waals surface area contributed by atoms with Crippen LogP contribution in [0.15, 0.2) is 47.2 Å². The quantitative estimate of drug-likeness (QED) is 0.814. The van der Waals surface area contributed by atoms with Crippen molar-refractivity contribution in [3.8, 4) is 5.75 Å². The number of nitrogens with one attached hydrogen (secondary N) is 1. The molecular formula is C17H22N4O3. The second kappa shape index (κ2) is 8.35. The Morgan fingerprint density at radius 3 is 2.67 bits per heavy atom. The number of carbonyl (C=O) groups excluding carboxylic acids is 1. The molecule has 0 unspecified atom stereocenters. The number of urea groups is 1. The number of benzene rings is 1. The second-order valence-corrected chi connectivity index (χ2v) is 5.65. The number of carbonyl (C=O) groups is 1. The first kappa shape index (κ1) is 16.3. The van der Waals surface area contributed by atoms with Gasteiger partial charge in [0, 0.05) is 38.8 Å². The van der Waals surface area contributed by atoms with Crippen molar-refractivity contribution in [3.63, 3.8) is 0 Å². The molecule has 0 radical (unpaired) electrons. The van der Waals surface area contributed by atoms with Crippen LogP contribution in [-0.2, 0) is 6.54 Å². The lowest BCUT2D eigenvalue weighted by atomic mass is 10.3. The topological polar surface area (TPSA) is 70.8 Å². The number of nitrogens with zero attached hydrogens (tertiary/aromatic N) is 3. The van der Waals surface area contributed by atoms with Crippen molar-refractivity contribution in [2.75, 3.05) is 39.3 Å². The summed E-state index contributed by atoms with van der Waals surface area (Å²) in [7, 11) is 0. The molecule has 1 saturated heterocycles. The van der Waals surface area contributed by atoms with Crippen LogP contribution < -0.4 is 10.1 Å². The normalized spacial score (nSPS) is 15.2. The van der Waals surface area contributed by atoms with E-state index in [2.05, 4.69) is 15.4 Å². The Labute approximate surface area is 141 Å². The Morgan fingerprint density at radius 1 is 1.17 bits per heavy atom. The molecule has 7 heteroatoms. The van der Waals surface area contributed by atoms with E-state index in [0.29, 0.717) is 26.2 Å². The highest BCUT2D eigenvalue weighted by molar-refractivity contribution is 5.74. The Morgan fingerprint density at radius 2 is 1.96 bits per heavy atom. The fourth-order valence-corrected chi connectivity index (χ4v) is 2.61. The van der Waals surface area contributed by atoms with Crippen LogP contribution in [0.4, 0.5) is 4.79 Å². The molecule has 1 N–H and O–H groups in total. The second-order valence-electron chi connectivity index (χ2n) is 5.65. The summed E-state index contributed by atoms with van der Waals surface area (Å²) < 4.78 is 10.4. The minimum absolute atomic E-state index is 0.0345. The van der Waals surface area contributed by atoms with Crippen LogP contribution in [0.25, 0.3) is 0 Å². The van der Waals surface area contributed by atoms with Crippen LogP contribution in [-0.4, -0.2) is 60.3 Å². The Bertz CT molecular complexity index is 610. The highest BCUT2D eigenvalue weighted by atomic mass is 16.5. The average molecular weight is 330 g/mol. The third-order valence-electron chi connectivity index (χ3n) is 3.93. The summed E-state index contributed by atoms with van der Waals surface area (Å²) in [6, 6.07) is 11.4. The van der Waals surface area contributed by atoms with Gasteiger partial charge in [-0.3, -0.25) is 4.90 Å².